The van der Waals surface area contributed by atoms with Crippen molar-refractivity contribution in [1.82, 2.24) is 4.90 Å². The molecule has 1 aromatic carbocycles. The van der Waals surface area contributed by atoms with Crippen LogP contribution in [0.3, 0.4) is 0 Å². The van der Waals surface area contributed by atoms with Crippen LogP contribution >= 0.6 is 0 Å². The Morgan fingerprint density at radius 2 is 1.84 bits per heavy atom. The quantitative estimate of drug-likeness (QED) is 0.309. The van der Waals surface area contributed by atoms with E-state index in [-0.39, 0.29) is 29.7 Å². The smallest absolute Gasteiger partial charge is 0.344 e. The molecule has 12 nitrogen and oxygen atoms in total. The van der Waals surface area contributed by atoms with Gasteiger partial charge in [-0.2, -0.15) is 0 Å². The number of phenolic OH excluding ortho intramolecular Hbond substituents is 1. The van der Waals surface area contributed by atoms with Gasteiger partial charge in [0.25, 0.3) is 0 Å². The maximum Gasteiger partial charge on any atom is 0.344 e. The molecule has 37 heavy (non-hydrogen) atoms. The number of phenols is 1. The zero-order chi connectivity index (χ0) is 27.4. The van der Waals surface area contributed by atoms with E-state index in [0.29, 0.717) is 18.5 Å². The molecule has 0 saturated carbocycles. The summed E-state index contributed by atoms with van der Waals surface area (Å²) in [5.74, 6) is -4.44. The second-order valence-electron chi connectivity index (χ2n) is 9.94. The molecule has 2 aliphatic heterocycles. The van der Waals surface area contributed by atoms with E-state index in [0.717, 1.165) is 12.5 Å². The number of aryl methyl sites for hydroxylation is 1. The third kappa shape index (κ3) is 3.95. The number of aliphatic hydroxyl groups is 3. The van der Waals surface area contributed by atoms with Gasteiger partial charge < -0.3 is 44.6 Å². The van der Waals surface area contributed by atoms with Gasteiger partial charge in [0.1, 0.15) is 5.76 Å². The van der Waals surface area contributed by atoms with E-state index in [9.17, 15) is 34.8 Å². The van der Waals surface area contributed by atoms with Crippen LogP contribution in [-0.2, 0) is 29.3 Å². The van der Waals surface area contributed by atoms with E-state index in [1.807, 2.05) is 25.8 Å². The lowest BCUT2D eigenvalue weighted by molar-refractivity contribution is -0.181. The van der Waals surface area contributed by atoms with Crippen molar-refractivity contribution in [2.75, 3.05) is 13.6 Å². The number of esters is 2. The minimum absolute atomic E-state index is 0.0479. The van der Waals surface area contributed by atoms with Gasteiger partial charge in [0, 0.05) is 18.0 Å². The summed E-state index contributed by atoms with van der Waals surface area (Å²) in [6.07, 6.45) is -5.56. The Morgan fingerprint density at radius 3 is 2.49 bits per heavy atom. The van der Waals surface area contributed by atoms with Crippen molar-refractivity contribution in [2.24, 2.45) is 0 Å². The number of ether oxygens (including phenoxy) is 3. The number of fused-ring (bicyclic) bond motifs is 1. The SMILES string of the molecule is Cc1ccc(O)c2c1C13CCN(C)[C@H](C)[C@]1(O)CC=C(OC(=O)[C@@H](O)[C@H](O)C(=O)O[C@@H](C)C(=O)O)C3O2. The Bertz CT molecular complexity index is 1170. The lowest BCUT2D eigenvalue weighted by Gasteiger charge is -2.58. The highest BCUT2D eigenvalue weighted by atomic mass is 16.6. The summed E-state index contributed by atoms with van der Waals surface area (Å²) in [5.41, 5.74) is -1.11. The number of rotatable bonds is 6. The molecule has 1 aliphatic carbocycles. The number of carbonyl (C=O) groups excluding carboxylic acids is 2. The van der Waals surface area contributed by atoms with Crippen molar-refractivity contribution >= 4 is 17.9 Å². The number of hydrogen-bond acceptors (Lipinski definition) is 11. The van der Waals surface area contributed by atoms with Crippen LogP contribution in [0.5, 0.6) is 11.5 Å². The Morgan fingerprint density at radius 1 is 1.19 bits per heavy atom. The molecule has 1 aromatic rings. The van der Waals surface area contributed by atoms with Gasteiger partial charge >= 0.3 is 17.9 Å². The molecule has 0 aromatic heterocycles. The zero-order valence-corrected chi connectivity index (χ0v) is 20.9. The predicted octanol–water partition coefficient (Wildman–Crippen LogP) is -0.277. The maximum atomic E-state index is 12.8. The molecule has 0 bridgehead atoms. The van der Waals surface area contributed by atoms with Crippen molar-refractivity contribution in [1.29, 1.82) is 0 Å². The fourth-order valence-corrected chi connectivity index (χ4v) is 5.73. The van der Waals surface area contributed by atoms with Crippen LogP contribution < -0.4 is 4.74 Å². The van der Waals surface area contributed by atoms with Gasteiger partial charge in [0.05, 0.1) is 11.0 Å². The average molecular weight is 522 g/mol. The molecule has 4 rings (SSSR count). The third-order valence-electron chi connectivity index (χ3n) is 7.97. The maximum absolute atomic E-state index is 12.8. The van der Waals surface area contributed by atoms with Gasteiger partial charge in [-0.05, 0) is 58.5 Å². The first-order chi connectivity index (χ1) is 17.3. The van der Waals surface area contributed by atoms with Gasteiger partial charge in [0.15, 0.2) is 35.9 Å². The van der Waals surface area contributed by atoms with E-state index >= 15 is 0 Å². The number of hydrogen-bond donors (Lipinski definition) is 5. The van der Waals surface area contributed by atoms with Crippen LogP contribution in [-0.4, -0.2) is 98.0 Å². The third-order valence-corrected chi connectivity index (χ3v) is 7.97. The highest BCUT2D eigenvalue weighted by Crippen LogP contribution is 2.62. The standard InChI is InChI=1S/C25H31NO11/c1-11-5-6-14(27)19-16(11)24-9-10-26(4)13(3)25(24,34)8-7-15(20(24)37-19)36-23(33)18(29)17(28)22(32)35-12(2)21(30)31/h5-7,12-13,17-18,20,27-29,34H,8-10H2,1-4H3,(H,30,31)/t12-,13+,17-,18-,20?,24?,25+/m0/s1. The number of nitrogens with zero attached hydrogens (tertiary/aromatic N) is 1. The largest absolute Gasteiger partial charge is 0.504 e. The van der Waals surface area contributed by atoms with Crippen molar-refractivity contribution in [3.8, 4) is 11.5 Å². The molecule has 202 valence electrons. The number of likely N-dealkylation sites (N-methyl/N-ethyl adjacent to an activating group) is 1. The summed E-state index contributed by atoms with van der Waals surface area (Å²) in [6, 6.07) is 2.84. The summed E-state index contributed by atoms with van der Waals surface area (Å²) in [7, 11) is 1.89. The molecule has 0 radical (unpaired) electrons. The molecule has 0 amide bonds. The number of piperidine rings is 1. The Balaban J connectivity index is 1.66. The first-order valence-corrected chi connectivity index (χ1v) is 11.9. The molecule has 3 aliphatic rings. The minimum Gasteiger partial charge on any atom is -0.504 e. The second-order valence-corrected chi connectivity index (χ2v) is 9.94. The number of carboxylic acids is 1. The lowest BCUT2D eigenvalue weighted by Crippen LogP contribution is -2.71. The molecule has 1 fully saturated rings. The second kappa shape index (κ2) is 9.28. The van der Waals surface area contributed by atoms with E-state index in [4.69, 9.17) is 14.6 Å². The molecular weight excluding hydrogens is 490 g/mol. The number of benzene rings is 1. The van der Waals surface area contributed by atoms with Crippen molar-refractivity contribution in [2.45, 2.75) is 75.1 Å². The number of carboxylic acid groups (broad SMARTS) is 1. The monoisotopic (exact) mass is 521 g/mol. The number of aliphatic hydroxyl groups excluding tert-OH is 2. The van der Waals surface area contributed by atoms with Gasteiger partial charge in [-0.1, -0.05) is 6.07 Å². The van der Waals surface area contributed by atoms with Crippen LogP contribution in [0.1, 0.15) is 37.8 Å². The molecule has 12 heteroatoms. The van der Waals surface area contributed by atoms with Gasteiger partial charge in [-0.15, -0.1) is 0 Å². The number of aromatic hydroxyl groups is 1. The van der Waals surface area contributed by atoms with Crippen molar-refractivity contribution < 1.29 is 54.1 Å². The number of carbonyl (C=O) groups is 3. The van der Waals surface area contributed by atoms with Gasteiger partial charge in [-0.25, -0.2) is 14.4 Å². The number of likely N-dealkylation sites (tertiary alicyclic amines) is 1. The fourth-order valence-electron chi connectivity index (χ4n) is 5.73. The van der Waals surface area contributed by atoms with E-state index in [1.54, 1.807) is 6.07 Å². The molecule has 2 heterocycles. The normalized spacial score (nSPS) is 30.9. The van der Waals surface area contributed by atoms with E-state index in [2.05, 4.69) is 4.74 Å². The van der Waals surface area contributed by atoms with E-state index < -0.39 is 53.3 Å². The zero-order valence-electron chi connectivity index (χ0n) is 20.9. The molecule has 1 saturated heterocycles. The van der Waals surface area contributed by atoms with Crippen molar-refractivity contribution in [3.05, 3.63) is 35.1 Å². The lowest BCUT2D eigenvalue weighted by atomic mass is 9.54. The van der Waals surface area contributed by atoms with Crippen LogP contribution in [0.4, 0.5) is 0 Å². The molecular formula is C25H31NO11. The molecule has 1 spiro atoms. The summed E-state index contributed by atoms with van der Waals surface area (Å²) >= 11 is 0. The first-order valence-electron chi connectivity index (χ1n) is 11.9. The van der Waals surface area contributed by atoms with Crippen LogP contribution in [0.2, 0.25) is 0 Å². The first kappa shape index (κ1) is 26.9. The summed E-state index contributed by atoms with van der Waals surface area (Å²) in [5, 5.41) is 51.9. The topological polar surface area (TPSA) is 183 Å². The van der Waals surface area contributed by atoms with Crippen LogP contribution in [0.15, 0.2) is 24.0 Å². The van der Waals surface area contributed by atoms with Crippen molar-refractivity contribution in [3.63, 3.8) is 0 Å². The summed E-state index contributed by atoms with van der Waals surface area (Å²) in [4.78, 5) is 37.6. The Hall–Kier alpha value is -3.19. The molecule has 2 unspecified atom stereocenters. The minimum atomic E-state index is -2.40. The van der Waals surface area contributed by atoms with Crippen LogP contribution in [0, 0.1) is 6.92 Å². The summed E-state index contributed by atoms with van der Waals surface area (Å²) in [6.45, 7) is 5.31. The summed E-state index contributed by atoms with van der Waals surface area (Å²) < 4.78 is 16.1. The molecule has 7 atom stereocenters. The van der Waals surface area contributed by atoms with E-state index in [1.165, 1.54) is 12.1 Å². The van der Waals surface area contributed by atoms with Crippen LogP contribution in [0.25, 0.3) is 0 Å². The average Bonchev–Trinajstić information content (AvgIpc) is 3.22. The predicted molar refractivity (Wildman–Crippen MR) is 125 cm³/mol. The number of aliphatic carboxylic acids is 1. The molecule has 5 N–H and O–H groups in total. The van der Waals surface area contributed by atoms with Gasteiger partial charge in [-0.3, -0.25) is 0 Å². The Labute approximate surface area is 212 Å². The highest BCUT2D eigenvalue weighted by Gasteiger charge is 2.69. The van der Waals surface area contributed by atoms with Gasteiger partial charge in [0.2, 0.25) is 0 Å². The Kier molecular flexibility index (Phi) is 6.74. The highest BCUT2D eigenvalue weighted by molar-refractivity contribution is 5.87. The fraction of sp³-hybridized carbons (Fsp3) is 0.560.